The molecule has 1 atom stereocenters. The molecule has 0 heterocycles. The van der Waals surface area contributed by atoms with E-state index >= 15 is 0 Å². The highest BCUT2D eigenvalue weighted by atomic mass is 16.5. The largest absolute Gasteiger partial charge is 0.491 e. The van der Waals surface area contributed by atoms with Gasteiger partial charge in [-0.05, 0) is 81.8 Å². The van der Waals surface area contributed by atoms with Crippen molar-refractivity contribution in [2.45, 2.75) is 66.1 Å². The average Bonchev–Trinajstić information content (AvgIpc) is 2.66. The molecule has 0 aliphatic rings. The summed E-state index contributed by atoms with van der Waals surface area (Å²) in [7, 11) is 0. The van der Waals surface area contributed by atoms with Crippen LogP contribution in [-0.2, 0) is 11.2 Å². The predicted molar refractivity (Wildman–Crippen MR) is 114 cm³/mol. The van der Waals surface area contributed by atoms with Gasteiger partial charge in [0, 0.05) is 6.54 Å². The van der Waals surface area contributed by atoms with Crippen LogP contribution >= 0.6 is 0 Å². The van der Waals surface area contributed by atoms with Crippen molar-refractivity contribution in [2.75, 3.05) is 6.54 Å². The first-order valence-corrected chi connectivity index (χ1v) is 10.2. The van der Waals surface area contributed by atoms with E-state index in [9.17, 15) is 4.79 Å². The molecule has 0 spiro atoms. The van der Waals surface area contributed by atoms with Crippen molar-refractivity contribution in [1.29, 1.82) is 0 Å². The molecule has 28 heavy (non-hydrogen) atoms. The molecule has 0 fully saturated rings. The molecule has 152 valence electrons. The number of rotatable bonds is 10. The zero-order chi connectivity index (χ0) is 20.5. The van der Waals surface area contributed by atoms with Gasteiger partial charge in [-0.1, -0.05) is 31.2 Å². The molecule has 0 aliphatic heterocycles. The van der Waals surface area contributed by atoms with Crippen LogP contribution in [0.3, 0.4) is 0 Å². The number of amides is 1. The molecule has 0 aliphatic carbocycles. The van der Waals surface area contributed by atoms with Crippen LogP contribution in [0, 0.1) is 13.8 Å². The molecule has 2 aromatic carbocycles. The summed E-state index contributed by atoms with van der Waals surface area (Å²) in [6.45, 7) is 10.7. The third-order valence-corrected chi connectivity index (χ3v) is 4.51. The minimum atomic E-state index is -0.465. The van der Waals surface area contributed by atoms with Gasteiger partial charge >= 0.3 is 0 Å². The second-order valence-corrected chi connectivity index (χ2v) is 7.49. The van der Waals surface area contributed by atoms with Crippen LogP contribution < -0.4 is 14.8 Å². The van der Waals surface area contributed by atoms with Crippen molar-refractivity contribution in [3.8, 4) is 11.5 Å². The van der Waals surface area contributed by atoms with E-state index in [1.54, 1.807) is 0 Å². The van der Waals surface area contributed by atoms with Crippen molar-refractivity contribution in [1.82, 2.24) is 5.32 Å². The lowest BCUT2D eigenvalue weighted by Gasteiger charge is -2.19. The van der Waals surface area contributed by atoms with E-state index in [-0.39, 0.29) is 12.0 Å². The van der Waals surface area contributed by atoms with Crippen molar-refractivity contribution < 1.29 is 14.3 Å². The summed E-state index contributed by atoms with van der Waals surface area (Å²) in [6, 6.07) is 14.2. The fourth-order valence-corrected chi connectivity index (χ4v) is 2.93. The van der Waals surface area contributed by atoms with Gasteiger partial charge in [-0.3, -0.25) is 4.79 Å². The summed E-state index contributed by atoms with van der Waals surface area (Å²) >= 11 is 0. The maximum absolute atomic E-state index is 12.5. The van der Waals surface area contributed by atoms with E-state index in [2.05, 4.69) is 17.4 Å². The second-order valence-electron chi connectivity index (χ2n) is 7.49. The first-order valence-electron chi connectivity index (χ1n) is 10.2. The minimum Gasteiger partial charge on any atom is -0.491 e. The van der Waals surface area contributed by atoms with E-state index in [4.69, 9.17) is 9.47 Å². The molecule has 2 rings (SSSR count). The molecular formula is C24H33NO3. The highest BCUT2D eigenvalue weighted by molar-refractivity contribution is 5.81. The maximum Gasteiger partial charge on any atom is 0.261 e. The van der Waals surface area contributed by atoms with Crippen LogP contribution in [-0.4, -0.2) is 24.7 Å². The zero-order valence-corrected chi connectivity index (χ0v) is 17.7. The number of ether oxygens (including phenoxy) is 2. The van der Waals surface area contributed by atoms with Crippen LogP contribution in [0.5, 0.6) is 11.5 Å². The van der Waals surface area contributed by atoms with E-state index < -0.39 is 6.10 Å². The van der Waals surface area contributed by atoms with Crippen LogP contribution in [0.25, 0.3) is 0 Å². The number of hydrogen-bond acceptors (Lipinski definition) is 3. The first kappa shape index (κ1) is 21.8. The Morgan fingerprint density at radius 2 is 1.75 bits per heavy atom. The van der Waals surface area contributed by atoms with E-state index in [1.165, 1.54) is 5.56 Å². The standard InChI is InChI=1S/C24H33NO3/c1-6-22(28-23-16-18(4)9-10-19(23)5)24(26)25-15-7-8-20-11-13-21(14-12-20)27-17(2)3/h9-14,16-17,22H,6-8,15H2,1-5H3,(H,25,26)/t22-/m1/s1. The fourth-order valence-electron chi connectivity index (χ4n) is 2.93. The molecule has 0 radical (unpaired) electrons. The minimum absolute atomic E-state index is 0.0518. The normalized spacial score (nSPS) is 11.9. The molecule has 0 unspecified atom stereocenters. The highest BCUT2D eigenvalue weighted by Gasteiger charge is 2.18. The van der Waals surface area contributed by atoms with Crippen LogP contribution in [0.4, 0.5) is 0 Å². The molecule has 2 aromatic rings. The summed E-state index contributed by atoms with van der Waals surface area (Å²) in [5.41, 5.74) is 3.41. The lowest BCUT2D eigenvalue weighted by molar-refractivity contribution is -0.128. The van der Waals surface area contributed by atoms with Crippen molar-refractivity contribution in [3.63, 3.8) is 0 Å². The third kappa shape index (κ3) is 6.91. The van der Waals surface area contributed by atoms with Gasteiger partial charge < -0.3 is 14.8 Å². The summed E-state index contributed by atoms with van der Waals surface area (Å²) in [5, 5.41) is 3.01. The number of aryl methyl sites for hydroxylation is 3. The maximum atomic E-state index is 12.5. The van der Waals surface area contributed by atoms with Gasteiger partial charge in [-0.25, -0.2) is 0 Å². The topological polar surface area (TPSA) is 47.6 Å². The van der Waals surface area contributed by atoms with Gasteiger partial charge in [0.25, 0.3) is 5.91 Å². The zero-order valence-electron chi connectivity index (χ0n) is 17.7. The van der Waals surface area contributed by atoms with E-state index in [1.807, 2.05) is 65.0 Å². The Morgan fingerprint density at radius 3 is 2.39 bits per heavy atom. The predicted octanol–water partition coefficient (Wildman–Crippen LogP) is 5.00. The molecule has 1 amide bonds. The van der Waals surface area contributed by atoms with Gasteiger partial charge in [0.2, 0.25) is 0 Å². The molecule has 0 aromatic heterocycles. The Kier molecular flexibility index (Phi) is 8.37. The quantitative estimate of drug-likeness (QED) is 0.588. The van der Waals surface area contributed by atoms with Crippen LogP contribution in [0.15, 0.2) is 42.5 Å². The Bertz CT molecular complexity index is 753. The second kappa shape index (κ2) is 10.7. The van der Waals surface area contributed by atoms with Crippen LogP contribution in [0.2, 0.25) is 0 Å². The molecular weight excluding hydrogens is 350 g/mol. The lowest BCUT2D eigenvalue weighted by atomic mass is 10.1. The molecule has 0 saturated heterocycles. The summed E-state index contributed by atoms with van der Waals surface area (Å²) in [5.74, 6) is 1.62. The van der Waals surface area contributed by atoms with Gasteiger partial charge in [0.05, 0.1) is 6.10 Å². The molecule has 4 nitrogen and oxygen atoms in total. The van der Waals surface area contributed by atoms with Gasteiger partial charge in [0.1, 0.15) is 11.5 Å². The summed E-state index contributed by atoms with van der Waals surface area (Å²) in [4.78, 5) is 12.5. The molecule has 4 heteroatoms. The van der Waals surface area contributed by atoms with E-state index in [0.29, 0.717) is 13.0 Å². The number of carbonyl (C=O) groups is 1. The number of carbonyl (C=O) groups excluding carboxylic acids is 1. The molecule has 0 saturated carbocycles. The smallest absolute Gasteiger partial charge is 0.261 e. The monoisotopic (exact) mass is 383 g/mol. The van der Waals surface area contributed by atoms with E-state index in [0.717, 1.165) is 35.5 Å². The van der Waals surface area contributed by atoms with Crippen molar-refractivity contribution in [3.05, 3.63) is 59.2 Å². The Labute approximate surface area is 169 Å². The van der Waals surface area contributed by atoms with Crippen molar-refractivity contribution >= 4 is 5.91 Å². The average molecular weight is 384 g/mol. The summed E-state index contributed by atoms with van der Waals surface area (Å²) in [6.07, 6.45) is 2.15. The number of nitrogens with one attached hydrogen (secondary N) is 1. The fraction of sp³-hybridized carbons (Fsp3) is 0.458. The number of hydrogen-bond donors (Lipinski definition) is 1. The SMILES string of the molecule is CC[C@@H](Oc1cc(C)ccc1C)C(=O)NCCCc1ccc(OC(C)C)cc1. The number of benzene rings is 2. The van der Waals surface area contributed by atoms with Gasteiger partial charge in [-0.2, -0.15) is 0 Å². The Hall–Kier alpha value is -2.49. The van der Waals surface area contributed by atoms with Crippen molar-refractivity contribution in [2.24, 2.45) is 0 Å². The third-order valence-electron chi connectivity index (χ3n) is 4.51. The van der Waals surface area contributed by atoms with Gasteiger partial charge in [0.15, 0.2) is 6.10 Å². The molecule has 1 N–H and O–H groups in total. The highest BCUT2D eigenvalue weighted by Crippen LogP contribution is 2.21. The van der Waals surface area contributed by atoms with Gasteiger partial charge in [-0.15, -0.1) is 0 Å². The first-order chi connectivity index (χ1) is 13.4. The Balaban J connectivity index is 1.78. The lowest BCUT2D eigenvalue weighted by Crippen LogP contribution is -2.38. The summed E-state index contributed by atoms with van der Waals surface area (Å²) < 4.78 is 11.6. The molecule has 0 bridgehead atoms. The van der Waals surface area contributed by atoms with Crippen LogP contribution in [0.1, 0.15) is 50.3 Å². The Morgan fingerprint density at radius 1 is 1.04 bits per heavy atom.